The highest BCUT2D eigenvalue weighted by Crippen LogP contribution is 2.20. The van der Waals surface area contributed by atoms with Gasteiger partial charge in [-0.3, -0.25) is 14.8 Å². The molecule has 5 nitrogen and oxygen atoms in total. The van der Waals surface area contributed by atoms with Crippen LogP contribution in [0.2, 0.25) is 0 Å². The van der Waals surface area contributed by atoms with Crippen LogP contribution in [-0.4, -0.2) is 73.8 Å². The molecule has 2 rings (SSSR count). The zero-order valence-electron chi connectivity index (χ0n) is 18.1. The molecular formula is C21H35F3IN5. The average molecular weight is 541 g/mol. The van der Waals surface area contributed by atoms with Gasteiger partial charge in [0.2, 0.25) is 0 Å². The van der Waals surface area contributed by atoms with Gasteiger partial charge in [-0.25, -0.2) is 0 Å². The van der Waals surface area contributed by atoms with E-state index in [0.717, 1.165) is 25.9 Å². The largest absolute Gasteiger partial charge is 0.401 e. The SMILES string of the molecule is CCNC(=NCCN(C)CC(F)(F)F)NC1CCN(Cc2ccccc2)C(C)C1.I. The van der Waals surface area contributed by atoms with E-state index in [1.54, 1.807) is 0 Å². The van der Waals surface area contributed by atoms with Crippen LogP contribution >= 0.6 is 24.0 Å². The second-order valence-electron chi connectivity index (χ2n) is 7.78. The fourth-order valence-electron chi connectivity index (χ4n) is 3.64. The van der Waals surface area contributed by atoms with Crippen molar-refractivity contribution in [2.45, 2.75) is 51.5 Å². The van der Waals surface area contributed by atoms with Crippen molar-refractivity contribution in [1.29, 1.82) is 0 Å². The number of nitrogens with zero attached hydrogens (tertiary/aromatic N) is 3. The molecule has 30 heavy (non-hydrogen) atoms. The van der Waals surface area contributed by atoms with E-state index in [0.29, 0.717) is 31.1 Å². The van der Waals surface area contributed by atoms with E-state index in [2.05, 4.69) is 51.7 Å². The van der Waals surface area contributed by atoms with Crippen molar-refractivity contribution in [2.75, 3.05) is 39.8 Å². The third kappa shape index (κ3) is 10.3. The molecule has 0 aromatic heterocycles. The molecule has 0 radical (unpaired) electrons. The number of hydrogen-bond acceptors (Lipinski definition) is 3. The van der Waals surface area contributed by atoms with E-state index in [9.17, 15) is 13.2 Å². The summed E-state index contributed by atoms with van der Waals surface area (Å²) in [6.45, 7) is 6.57. The topological polar surface area (TPSA) is 42.9 Å². The molecule has 172 valence electrons. The summed E-state index contributed by atoms with van der Waals surface area (Å²) in [7, 11) is 1.47. The number of aliphatic imine (C=N–C) groups is 1. The van der Waals surface area contributed by atoms with E-state index < -0.39 is 12.7 Å². The molecule has 1 aliphatic heterocycles. The van der Waals surface area contributed by atoms with Crippen LogP contribution < -0.4 is 10.6 Å². The second kappa shape index (κ2) is 13.4. The van der Waals surface area contributed by atoms with Crippen molar-refractivity contribution in [3.63, 3.8) is 0 Å². The molecular weight excluding hydrogens is 506 g/mol. The molecule has 9 heteroatoms. The number of halogens is 4. The molecule has 2 N–H and O–H groups in total. The number of likely N-dealkylation sites (tertiary alicyclic amines) is 1. The molecule has 0 saturated carbocycles. The number of nitrogens with one attached hydrogen (secondary N) is 2. The van der Waals surface area contributed by atoms with Gasteiger partial charge in [0.1, 0.15) is 0 Å². The van der Waals surface area contributed by atoms with Gasteiger partial charge in [0.05, 0.1) is 13.1 Å². The minimum Gasteiger partial charge on any atom is -0.357 e. The highest BCUT2D eigenvalue weighted by molar-refractivity contribution is 14.0. The zero-order valence-corrected chi connectivity index (χ0v) is 20.4. The Morgan fingerprint density at radius 2 is 1.97 bits per heavy atom. The lowest BCUT2D eigenvalue weighted by Crippen LogP contribution is -2.51. The molecule has 2 unspecified atom stereocenters. The van der Waals surface area contributed by atoms with Crippen molar-refractivity contribution in [2.24, 2.45) is 4.99 Å². The first-order valence-corrected chi connectivity index (χ1v) is 10.3. The van der Waals surface area contributed by atoms with E-state index in [4.69, 9.17) is 0 Å². The summed E-state index contributed by atoms with van der Waals surface area (Å²) in [5.41, 5.74) is 1.32. The number of benzene rings is 1. The normalized spacial score (nSPS) is 20.7. The smallest absolute Gasteiger partial charge is 0.357 e. The van der Waals surface area contributed by atoms with Gasteiger partial charge in [-0.05, 0) is 39.3 Å². The lowest BCUT2D eigenvalue weighted by atomic mass is 9.97. The Kier molecular flexibility index (Phi) is 12.0. The second-order valence-corrected chi connectivity index (χ2v) is 7.78. The van der Waals surface area contributed by atoms with Gasteiger partial charge >= 0.3 is 6.18 Å². The monoisotopic (exact) mass is 541 g/mol. The lowest BCUT2D eigenvalue weighted by Gasteiger charge is -2.38. The zero-order chi connectivity index (χ0) is 21.3. The van der Waals surface area contributed by atoms with Crippen LogP contribution in [0.5, 0.6) is 0 Å². The number of piperidine rings is 1. The van der Waals surface area contributed by atoms with Gasteiger partial charge < -0.3 is 10.6 Å². The van der Waals surface area contributed by atoms with E-state index in [1.165, 1.54) is 17.5 Å². The molecule has 2 atom stereocenters. The predicted octanol–water partition coefficient (Wildman–Crippen LogP) is 3.71. The number of rotatable bonds is 8. The molecule has 0 spiro atoms. The van der Waals surface area contributed by atoms with Crippen LogP contribution in [0.3, 0.4) is 0 Å². The minimum absolute atomic E-state index is 0. The van der Waals surface area contributed by atoms with E-state index in [1.807, 2.05) is 13.0 Å². The molecule has 0 amide bonds. The van der Waals surface area contributed by atoms with Gasteiger partial charge in [-0.2, -0.15) is 13.2 Å². The van der Waals surface area contributed by atoms with Crippen molar-refractivity contribution >= 4 is 29.9 Å². The Morgan fingerprint density at radius 3 is 2.57 bits per heavy atom. The number of alkyl halides is 3. The Bertz CT molecular complexity index is 627. The Morgan fingerprint density at radius 1 is 1.27 bits per heavy atom. The Labute approximate surface area is 195 Å². The van der Waals surface area contributed by atoms with Crippen molar-refractivity contribution in [3.8, 4) is 0 Å². The summed E-state index contributed by atoms with van der Waals surface area (Å²) in [5.74, 6) is 0.682. The summed E-state index contributed by atoms with van der Waals surface area (Å²) >= 11 is 0. The van der Waals surface area contributed by atoms with Gasteiger partial charge in [-0.15, -0.1) is 24.0 Å². The molecule has 1 aromatic rings. The minimum atomic E-state index is -4.18. The fraction of sp³-hybridized carbons (Fsp3) is 0.667. The first kappa shape index (κ1) is 27.0. The fourth-order valence-corrected chi connectivity index (χ4v) is 3.64. The number of guanidine groups is 1. The number of likely N-dealkylation sites (N-methyl/N-ethyl adjacent to an activating group) is 1. The Hall–Kier alpha value is -1.07. The van der Waals surface area contributed by atoms with Crippen LogP contribution in [0.25, 0.3) is 0 Å². The summed E-state index contributed by atoms with van der Waals surface area (Å²) < 4.78 is 37.3. The van der Waals surface area contributed by atoms with Crippen LogP contribution in [0, 0.1) is 0 Å². The molecule has 0 aliphatic carbocycles. The van der Waals surface area contributed by atoms with Crippen LogP contribution in [-0.2, 0) is 6.54 Å². The molecule has 1 heterocycles. The maximum atomic E-state index is 12.4. The first-order valence-electron chi connectivity index (χ1n) is 10.3. The lowest BCUT2D eigenvalue weighted by molar-refractivity contribution is -0.142. The summed E-state index contributed by atoms with van der Waals surface area (Å²) in [4.78, 5) is 8.20. The van der Waals surface area contributed by atoms with Gasteiger partial charge in [-0.1, -0.05) is 30.3 Å². The molecule has 0 bridgehead atoms. The number of hydrogen-bond donors (Lipinski definition) is 2. The summed E-state index contributed by atoms with van der Waals surface area (Å²) in [6.07, 6.45) is -2.16. The van der Waals surface area contributed by atoms with E-state index >= 15 is 0 Å². The van der Waals surface area contributed by atoms with Crippen LogP contribution in [0.15, 0.2) is 35.3 Å². The molecule has 1 aliphatic rings. The van der Waals surface area contributed by atoms with E-state index in [-0.39, 0.29) is 30.5 Å². The standard InChI is InChI=1S/C21H34F3N5.HI/c1-4-25-20(26-11-13-28(3)16-21(22,23)24)27-19-10-12-29(17(2)14-19)15-18-8-6-5-7-9-18;/h5-9,17,19H,4,10-16H2,1-3H3,(H2,25,26,27);1H. The third-order valence-corrected chi connectivity index (χ3v) is 5.13. The Balaban J connectivity index is 0.00000450. The van der Waals surface area contributed by atoms with Crippen LogP contribution in [0.1, 0.15) is 32.3 Å². The van der Waals surface area contributed by atoms with Crippen molar-refractivity contribution in [3.05, 3.63) is 35.9 Å². The highest BCUT2D eigenvalue weighted by Gasteiger charge is 2.29. The molecule has 1 fully saturated rings. The van der Waals surface area contributed by atoms with Crippen molar-refractivity contribution < 1.29 is 13.2 Å². The third-order valence-electron chi connectivity index (χ3n) is 5.13. The maximum absolute atomic E-state index is 12.4. The van der Waals surface area contributed by atoms with Crippen LogP contribution in [0.4, 0.5) is 13.2 Å². The first-order chi connectivity index (χ1) is 13.8. The summed E-state index contributed by atoms with van der Waals surface area (Å²) in [5, 5.41) is 6.67. The molecule has 1 saturated heterocycles. The van der Waals surface area contributed by atoms with Gasteiger partial charge in [0, 0.05) is 38.3 Å². The van der Waals surface area contributed by atoms with Gasteiger partial charge in [0.15, 0.2) is 5.96 Å². The molecule has 1 aromatic carbocycles. The maximum Gasteiger partial charge on any atom is 0.401 e. The van der Waals surface area contributed by atoms with Gasteiger partial charge in [0.25, 0.3) is 0 Å². The quantitative estimate of drug-likeness (QED) is 0.300. The summed E-state index contributed by atoms with van der Waals surface area (Å²) in [6, 6.07) is 11.2. The predicted molar refractivity (Wildman–Crippen MR) is 127 cm³/mol. The van der Waals surface area contributed by atoms with Crippen molar-refractivity contribution in [1.82, 2.24) is 20.4 Å². The average Bonchev–Trinajstić information content (AvgIpc) is 2.63. The highest BCUT2D eigenvalue weighted by atomic mass is 127.